The van der Waals surface area contributed by atoms with Crippen LogP contribution in [0.25, 0.3) is 0 Å². The highest BCUT2D eigenvalue weighted by Gasteiger charge is 2.19. The van der Waals surface area contributed by atoms with Crippen molar-refractivity contribution in [2.45, 2.75) is 32.2 Å². The zero-order valence-corrected chi connectivity index (χ0v) is 9.74. The van der Waals surface area contributed by atoms with Crippen LogP contribution >= 0.6 is 0 Å². The number of benzene rings is 1. The van der Waals surface area contributed by atoms with E-state index in [0.717, 1.165) is 6.54 Å². The normalized spacial score (nSPS) is 20.9. The standard InChI is InChI=1S/C14H18N2/c1-11(9-15)10-16-14-8-4-6-12-5-2-3-7-13(12)14/h2-3,5,7,11,14,16H,4,6,8,10H2,1H3. The van der Waals surface area contributed by atoms with E-state index in [2.05, 4.69) is 35.7 Å². The van der Waals surface area contributed by atoms with Crippen molar-refractivity contribution in [3.8, 4) is 6.07 Å². The number of nitrogens with one attached hydrogen (secondary N) is 1. The summed E-state index contributed by atoms with van der Waals surface area (Å²) in [6.45, 7) is 2.75. The molecule has 0 fully saturated rings. The number of nitriles is 1. The van der Waals surface area contributed by atoms with Crippen LogP contribution in [0.3, 0.4) is 0 Å². The molecule has 2 rings (SSSR count). The van der Waals surface area contributed by atoms with Crippen LogP contribution in [0.2, 0.25) is 0 Å². The molecule has 1 N–H and O–H groups in total. The second-order valence-corrected chi connectivity index (χ2v) is 4.58. The number of hydrogen-bond donors (Lipinski definition) is 1. The Morgan fingerprint density at radius 3 is 3.12 bits per heavy atom. The molecule has 1 aromatic rings. The summed E-state index contributed by atoms with van der Waals surface area (Å²) in [5.74, 6) is 0.0917. The molecule has 0 bridgehead atoms. The van der Waals surface area contributed by atoms with Crippen LogP contribution in [0.5, 0.6) is 0 Å². The Labute approximate surface area is 97.3 Å². The van der Waals surface area contributed by atoms with Gasteiger partial charge >= 0.3 is 0 Å². The summed E-state index contributed by atoms with van der Waals surface area (Å²) in [6.07, 6.45) is 3.63. The van der Waals surface area contributed by atoms with E-state index in [1.54, 1.807) is 0 Å². The van der Waals surface area contributed by atoms with E-state index in [4.69, 9.17) is 5.26 Å². The Morgan fingerprint density at radius 1 is 1.50 bits per heavy atom. The molecular weight excluding hydrogens is 196 g/mol. The van der Waals surface area contributed by atoms with Crippen molar-refractivity contribution in [3.63, 3.8) is 0 Å². The monoisotopic (exact) mass is 214 g/mol. The lowest BCUT2D eigenvalue weighted by Gasteiger charge is -2.26. The van der Waals surface area contributed by atoms with Gasteiger partial charge in [0.1, 0.15) is 0 Å². The van der Waals surface area contributed by atoms with Gasteiger partial charge in [-0.25, -0.2) is 0 Å². The number of rotatable bonds is 3. The Balaban J connectivity index is 2.05. The maximum atomic E-state index is 8.77. The van der Waals surface area contributed by atoms with E-state index in [1.165, 1.54) is 30.4 Å². The van der Waals surface area contributed by atoms with E-state index >= 15 is 0 Å². The summed E-state index contributed by atoms with van der Waals surface area (Å²) in [6, 6.07) is 11.4. The molecule has 0 saturated heterocycles. The molecule has 0 heterocycles. The van der Waals surface area contributed by atoms with E-state index in [0.29, 0.717) is 6.04 Å². The van der Waals surface area contributed by atoms with Gasteiger partial charge in [-0.05, 0) is 37.3 Å². The van der Waals surface area contributed by atoms with Crippen LogP contribution in [0.1, 0.15) is 36.9 Å². The quantitative estimate of drug-likeness (QED) is 0.839. The SMILES string of the molecule is CC(C#N)CNC1CCCc2ccccc21. The lowest BCUT2D eigenvalue weighted by atomic mass is 9.87. The van der Waals surface area contributed by atoms with Gasteiger partial charge in [0.05, 0.1) is 12.0 Å². The Hall–Kier alpha value is -1.33. The van der Waals surface area contributed by atoms with Crippen LogP contribution in [-0.2, 0) is 6.42 Å². The van der Waals surface area contributed by atoms with Gasteiger partial charge in [0, 0.05) is 12.6 Å². The highest BCUT2D eigenvalue weighted by molar-refractivity contribution is 5.32. The highest BCUT2D eigenvalue weighted by Crippen LogP contribution is 2.29. The zero-order chi connectivity index (χ0) is 11.4. The van der Waals surface area contributed by atoms with Gasteiger partial charge in [-0.2, -0.15) is 5.26 Å². The molecule has 1 aliphatic rings. The minimum Gasteiger partial charge on any atom is -0.309 e. The minimum absolute atomic E-state index is 0.0917. The number of hydrogen-bond acceptors (Lipinski definition) is 2. The molecule has 0 aromatic heterocycles. The van der Waals surface area contributed by atoms with Gasteiger partial charge < -0.3 is 5.32 Å². The Bertz CT molecular complexity index is 392. The average Bonchev–Trinajstić information content (AvgIpc) is 2.35. The zero-order valence-electron chi connectivity index (χ0n) is 9.74. The Kier molecular flexibility index (Phi) is 3.58. The molecule has 2 heteroatoms. The van der Waals surface area contributed by atoms with Crippen molar-refractivity contribution in [1.82, 2.24) is 5.32 Å². The summed E-state index contributed by atoms with van der Waals surface area (Å²) in [7, 11) is 0. The van der Waals surface area contributed by atoms with Crippen molar-refractivity contribution in [1.29, 1.82) is 5.26 Å². The fourth-order valence-corrected chi connectivity index (χ4v) is 2.33. The van der Waals surface area contributed by atoms with E-state index < -0.39 is 0 Å². The maximum absolute atomic E-state index is 8.77. The molecule has 0 aliphatic heterocycles. The second-order valence-electron chi connectivity index (χ2n) is 4.58. The average molecular weight is 214 g/mol. The van der Waals surface area contributed by atoms with Crippen LogP contribution in [0.4, 0.5) is 0 Å². The Morgan fingerprint density at radius 2 is 2.31 bits per heavy atom. The van der Waals surface area contributed by atoms with Gasteiger partial charge in [0.15, 0.2) is 0 Å². The first-order valence-corrected chi connectivity index (χ1v) is 6.02. The van der Waals surface area contributed by atoms with E-state index in [-0.39, 0.29) is 5.92 Å². The summed E-state index contributed by atoms with van der Waals surface area (Å²) in [4.78, 5) is 0. The predicted molar refractivity (Wildman–Crippen MR) is 64.9 cm³/mol. The largest absolute Gasteiger partial charge is 0.309 e. The molecular formula is C14H18N2. The van der Waals surface area contributed by atoms with Gasteiger partial charge in [-0.15, -0.1) is 0 Å². The number of aryl methyl sites for hydroxylation is 1. The summed E-state index contributed by atoms with van der Waals surface area (Å²) in [5, 5.41) is 12.3. The number of fused-ring (bicyclic) bond motifs is 1. The third kappa shape index (κ3) is 2.43. The molecule has 16 heavy (non-hydrogen) atoms. The minimum atomic E-state index is 0.0917. The highest BCUT2D eigenvalue weighted by atomic mass is 14.9. The third-order valence-electron chi connectivity index (χ3n) is 3.26. The molecule has 2 unspecified atom stereocenters. The molecule has 1 aromatic carbocycles. The molecule has 2 nitrogen and oxygen atoms in total. The fourth-order valence-electron chi connectivity index (χ4n) is 2.33. The van der Waals surface area contributed by atoms with Gasteiger partial charge in [0.25, 0.3) is 0 Å². The summed E-state index contributed by atoms with van der Waals surface area (Å²) < 4.78 is 0. The van der Waals surface area contributed by atoms with Crippen LogP contribution in [0.15, 0.2) is 24.3 Å². The molecule has 1 aliphatic carbocycles. The smallest absolute Gasteiger partial charge is 0.0666 e. The first-order valence-electron chi connectivity index (χ1n) is 6.02. The lowest BCUT2D eigenvalue weighted by Crippen LogP contribution is -2.28. The first kappa shape index (κ1) is 11.2. The molecule has 0 amide bonds. The fraction of sp³-hybridized carbons (Fsp3) is 0.500. The van der Waals surface area contributed by atoms with Gasteiger partial charge in [-0.1, -0.05) is 24.3 Å². The van der Waals surface area contributed by atoms with E-state index in [1.807, 2.05) is 6.92 Å². The number of nitrogens with zero attached hydrogens (tertiary/aromatic N) is 1. The van der Waals surface area contributed by atoms with Crippen LogP contribution < -0.4 is 5.32 Å². The van der Waals surface area contributed by atoms with Crippen LogP contribution in [0, 0.1) is 17.2 Å². The summed E-state index contributed by atoms with van der Waals surface area (Å²) in [5.41, 5.74) is 2.90. The van der Waals surface area contributed by atoms with E-state index in [9.17, 15) is 0 Å². The summed E-state index contributed by atoms with van der Waals surface area (Å²) >= 11 is 0. The van der Waals surface area contributed by atoms with Crippen molar-refractivity contribution >= 4 is 0 Å². The predicted octanol–water partition coefficient (Wildman–Crippen LogP) is 2.81. The molecule has 2 atom stereocenters. The second kappa shape index (κ2) is 5.14. The topological polar surface area (TPSA) is 35.8 Å². The maximum Gasteiger partial charge on any atom is 0.0666 e. The van der Waals surface area contributed by atoms with Gasteiger partial charge in [0.2, 0.25) is 0 Å². The van der Waals surface area contributed by atoms with Crippen LogP contribution in [-0.4, -0.2) is 6.54 Å². The molecule has 0 saturated carbocycles. The van der Waals surface area contributed by atoms with Gasteiger partial charge in [-0.3, -0.25) is 0 Å². The molecule has 0 spiro atoms. The van der Waals surface area contributed by atoms with Crippen molar-refractivity contribution in [3.05, 3.63) is 35.4 Å². The molecule has 0 radical (unpaired) electrons. The van der Waals surface area contributed by atoms with Crippen molar-refractivity contribution < 1.29 is 0 Å². The van der Waals surface area contributed by atoms with Crippen molar-refractivity contribution in [2.24, 2.45) is 5.92 Å². The third-order valence-corrected chi connectivity index (χ3v) is 3.26. The molecule has 84 valence electrons. The first-order chi connectivity index (χ1) is 7.81. The van der Waals surface area contributed by atoms with Crippen molar-refractivity contribution in [2.75, 3.05) is 6.54 Å². The lowest BCUT2D eigenvalue weighted by molar-refractivity contribution is 0.441.